The minimum atomic E-state index is -0.476. The first-order valence-electron chi connectivity index (χ1n) is 6.56. The number of nitrogens with two attached hydrogens (primary N) is 1. The Morgan fingerprint density at radius 2 is 2.21 bits per heavy atom. The van der Waals surface area contributed by atoms with Gasteiger partial charge in [-0.15, -0.1) is 0 Å². The molecule has 2 aliphatic rings. The molecule has 1 fully saturated rings. The van der Waals surface area contributed by atoms with E-state index in [4.69, 9.17) is 15.2 Å². The van der Waals surface area contributed by atoms with E-state index in [-0.39, 0.29) is 18.7 Å². The lowest BCUT2D eigenvalue weighted by Gasteiger charge is -2.27. The number of fused-ring (bicyclic) bond motifs is 1. The summed E-state index contributed by atoms with van der Waals surface area (Å²) in [5, 5.41) is 2.93. The molecule has 2 atom stereocenters. The molecule has 0 spiro atoms. The summed E-state index contributed by atoms with van der Waals surface area (Å²) >= 11 is 0. The van der Waals surface area contributed by atoms with E-state index in [2.05, 4.69) is 5.32 Å². The molecule has 1 aliphatic heterocycles. The number of ether oxygens (including phenoxy) is 2. The second-order valence-corrected chi connectivity index (χ2v) is 5.44. The Kier molecular flexibility index (Phi) is 2.86. The van der Waals surface area contributed by atoms with Gasteiger partial charge >= 0.3 is 0 Å². The van der Waals surface area contributed by atoms with Crippen molar-refractivity contribution in [2.75, 3.05) is 12.1 Å². The highest BCUT2D eigenvalue weighted by molar-refractivity contribution is 5.96. The third-order valence-corrected chi connectivity index (χ3v) is 4.18. The minimum Gasteiger partial charge on any atom is -0.454 e. The van der Waals surface area contributed by atoms with Crippen LogP contribution >= 0.6 is 0 Å². The summed E-state index contributed by atoms with van der Waals surface area (Å²) in [6.45, 7) is 2.17. The van der Waals surface area contributed by atoms with E-state index in [1.54, 1.807) is 12.1 Å². The van der Waals surface area contributed by atoms with Crippen molar-refractivity contribution >= 4 is 11.6 Å². The Morgan fingerprint density at radius 3 is 2.95 bits per heavy atom. The minimum absolute atomic E-state index is 0.0173. The van der Waals surface area contributed by atoms with Crippen LogP contribution in [-0.4, -0.2) is 18.7 Å². The molecular formula is C14H18N2O3. The van der Waals surface area contributed by atoms with Gasteiger partial charge in [-0.1, -0.05) is 6.42 Å². The van der Waals surface area contributed by atoms with Gasteiger partial charge < -0.3 is 20.5 Å². The molecule has 1 heterocycles. The number of hydrogen-bond acceptors (Lipinski definition) is 4. The van der Waals surface area contributed by atoms with Crippen molar-refractivity contribution in [3.63, 3.8) is 0 Å². The van der Waals surface area contributed by atoms with Crippen molar-refractivity contribution in [3.05, 3.63) is 18.2 Å². The van der Waals surface area contributed by atoms with Gasteiger partial charge in [-0.2, -0.15) is 0 Å². The van der Waals surface area contributed by atoms with Gasteiger partial charge in [-0.25, -0.2) is 0 Å². The third kappa shape index (κ3) is 2.04. The quantitative estimate of drug-likeness (QED) is 0.853. The maximum absolute atomic E-state index is 12.4. The van der Waals surface area contributed by atoms with Gasteiger partial charge in [0.25, 0.3) is 0 Å². The lowest BCUT2D eigenvalue weighted by atomic mass is 9.84. The van der Waals surface area contributed by atoms with Crippen LogP contribution in [0.4, 0.5) is 5.69 Å². The number of carbonyl (C=O) groups is 1. The fraction of sp³-hybridized carbons (Fsp3) is 0.500. The number of carbonyl (C=O) groups excluding carboxylic acids is 1. The van der Waals surface area contributed by atoms with Crippen LogP contribution in [-0.2, 0) is 4.79 Å². The van der Waals surface area contributed by atoms with Crippen LogP contribution in [0.3, 0.4) is 0 Å². The van der Waals surface area contributed by atoms with E-state index in [9.17, 15) is 4.79 Å². The standard InChI is InChI=1S/C14H18N2O3/c1-14(6-2-3-12(14)15)13(17)16-9-4-5-10-11(7-9)19-8-18-10/h4-5,7,12H,2-3,6,8,15H2,1H3,(H,16,17). The van der Waals surface area contributed by atoms with Gasteiger partial charge in [0.1, 0.15) is 0 Å². The second-order valence-electron chi connectivity index (χ2n) is 5.44. The molecule has 0 aromatic heterocycles. The number of nitrogens with one attached hydrogen (secondary N) is 1. The third-order valence-electron chi connectivity index (χ3n) is 4.18. The Hall–Kier alpha value is -1.75. The van der Waals surface area contributed by atoms with Crippen LogP contribution in [0.15, 0.2) is 18.2 Å². The normalized spacial score (nSPS) is 28.4. The number of hydrogen-bond donors (Lipinski definition) is 2. The van der Waals surface area contributed by atoms with Gasteiger partial charge in [0.15, 0.2) is 11.5 Å². The Balaban J connectivity index is 1.76. The van der Waals surface area contributed by atoms with E-state index < -0.39 is 5.41 Å². The molecule has 19 heavy (non-hydrogen) atoms. The molecule has 1 amide bonds. The van der Waals surface area contributed by atoms with Gasteiger partial charge in [0.2, 0.25) is 12.7 Å². The maximum Gasteiger partial charge on any atom is 0.231 e. The summed E-state index contributed by atoms with van der Waals surface area (Å²) in [6, 6.07) is 5.33. The van der Waals surface area contributed by atoms with Gasteiger partial charge in [-0.05, 0) is 31.9 Å². The largest absolute Gasteiger partial charge is 0.454 e. The Bertz CT molecular complexity index is 517. The van der Waals surface area contributed by atoms with Crippen molar-refractivity contribution in [1.29, 1.82) is 0 Å². The van der Waals surface area contributed by atoms with Gasteiger partial charge in [0.05, 0.1) is 5.41 Å². The van der Waals surface area contributed by atoms with E-state index in [1.807, 2.05) is 13.0 Å². The summed E-state index contributed by atoms with van der Waals surface area (Å²) in [6.07, 6.45) is 2.75. The van der Waals surface area contributed by atoms with Crippen LogP contribution < -0.4 is 20.5 Å². The average Bonchev–Trinajstić information content (AvgIpc) is 2.97. The highest BCUT2D eigenvalue weighted by Gasteiger charge is 2.42. The summed E-state index contributed by atoms with van der Waals surface area (Å²) in [4.78, 5) is 12.4. The summed E-state index contributed by atoms with van der Waals surface area (Å²) in [5.41, 5.74) is 6.29. The SMILES string of the molecule is CC1(C(=O)Nc2ccc3c(c2)OCO3)CCCC1N. The van der Waals surface area contributed by atoms with Crippen LogP contribution in [0.1, 0.15) is 26.2 Å². The Labute approximate surface area is 112 Å². The molecule has 1 aliphatic carbocycles. The monoisotopic (exact) mass is 262 g/mol. The molecule has 1 aromatic rings. The lowest BCUT2D eigenvalue weighted by Crippen LogP contribution is -2.44. The predicted molar refractivity (Wildman–Crippen MR) is 71.1 cm³/mol. The molecule has 1 saturated carbocycles. The molecular weight excluding hydrogens is 244 g/mol. The first-order chi connectivity index (χ1) is 9.09. The Morgan fingerprint density at radius 1 is 1.42 bits per heavy atom. The summed E-state index contributed by atoms with van der Waals surface area (Å²) in [5.74, 6) is 1.36. The number of benzene rings is 1. The zero-order valence-corrected chi connectivity index (χ0v) is 10.9. The van der Waals surface area contributed by atoms with Crippen molar-refractivity contribution in [1.82, 2.24) is 0 Å². The van der Waals surface area contributed by atoms with Crippen LogP contribution in [0, 0.1) is 5.41 Å². The fourth-order valence-electron chi connectivity index (χ4n) is 2.72. The molecule has 5 nitrogen and oxygen atoms in total. The van der Waals surface area contributed by atoms with Crippen molar-refractivity contribution < 1.29 is 14.3 Å². The molecule has 0 saturated heterocycles. The van der Waals surface area contributed by atoms with E-state index in [0.29, 0.717) is 11.5 Å². The molecule has 5 heteroatoms. The van der Waals surface area contributed by atoms with Crippen molar-refractivity contribution in [3.8, 4) is 11.5 Å². The first-order valence-corrected chi connectivity index (χ1v) is 6.56. The highest BCUT2D eigenvalue weighted by atomic mass is 16.7. The summed E-state index contributed by atoms with van der Waals surface area (Å²) in [7, 11) is 0. The van der Waals surface area contributed by atoms with Crippen LogP contribution in [0.5, 0.6) is 11.5 Å². The zero-order valence-electron chi connectivity index (χ0n) is 10.9. The first kappa shape index (κ1) is 12.3. The smallest absolute Gasteiger partial charge is 0.231 e. The predicted octanol–water partition coefficient (Wildman–Crippen LogP) is 1.87. The van der Waals surface area contributed by atoms with E-state index >= 15 is 0 Å². The van der Waals surface area contributed by atoms with Crippen LogP contribution in [0.2, 0.25) is 0 Å². The molecule has 3 N–H and O–H groups in total. The number of amides is 1. The maximum atomic E-state index is 12.4. The van der Waals surface area contributed by atoms with Crippen molar-refractivity contribution in [2.45, 2.75) is 32.2 Å². The summed E-state index contributed by atoms with van der Waals surface area (Å²) < 4.78 is 10.5. The molecule has 3 rings (SSSR count). The molecule has 102 valence electrons. The van der Waals surface area contributed by atoms with Crippen molar-refractivity contribution in [2.24, 2.45) is 11.1 Å². The topological polar surface area (TPSA) is 73.6 Å². The second kappa shape index (κ2) is 4.42. The lowest BCUT2D eigenvalue weighted by molar-refractivity contribution is -0.125. The average molecular weight is 262 g/mol. The fourth-order valence-corrected chi connectivity index (χ4v) is 2.72. The number of rotatable bonds is 2. The van der Waals surface area contributed by atoms with Gasteiger partial charge in [-0.3, -0.25) is 4.79 Å². The highest BCUT2D eigenvalue weighted by Crippen LogP contribution is 2.39. The van der Waals surface area contributed by atoms with Crippen LogP contribution in [0.25, 0.3) is 0 Å². The number of anilines is 1. The van der Waals surface area contributed by atoms with E-state index in [1.165, 1.54) is 0 Å². The molecule has 1 aromatic carbocycles. The molecule has 0 radical (unpaired) electrons. The van der Waals surface area contributed by atoms with E-state index in [0.717, 1.165) is 24.9 Å². The molecule has 0 bridgehead atoms. The van der Waals surface area contributed by atoms with Gasteiger partial charge in [0, 0.05) is 17.8 Å². The molecule has 2 unspecified atom stereocenters. The zero-order chi connectivity index (χ0) is 13.5.